The molecule has 0 heterocycles. The van der Waals surface area contributed by atoms with E-state index in [1.165, 1.54) is 7.11 Å². The van der Waals surface area contributed by atoms with E-state index in [9.17, 15) is 9.59 Å². The van der Waals surface area contributed by atoms with E-state index in [1.54, 1.807) is 7.05 Å². The Kier molecular flexibility index (Phi) is 7.62. The van der Waals surface area contributed by atoms with E-state index in [4.69, 9.17) is 0 Å². The lowest BCUT2D eigenvalue weighted by molar-refractivity contribution is -0.140. The lowest BCUT2D eigenvalue weighted by atomic mass is 10.3. The number of nitrogens with zero attached hydrogens (tertiary/aromatic N) is 1. The van der Waals surface area contributed by atoms with Gasteiger partial charge in [0, 0.05) is 26.4 Å². The second kappa shape index (κ2) is 8.23. The molecule has 0 aromatic rings. The summed E-state index contributed by atoms with van der Waals surface area (Å²) in [4.78, 5) is 23.8. The van der Waals surface area contributed by atoms with Crippen LogP contribution in [-0.2, 0) is 14.3 Å². The number of rotatable bonds is 7. The second-order valence-corrected chi connectivity index (χ2v) is 3.41. The fraction of sp³-hybridized carbons (Fsp3) is 0.800. The van der Waals surface area contributed by atoms with Gasteiger partial charge in [0.1, 0.15) is 0 Å². The van der Waals surface area contributed by atoms with Crippen molar-refractivity contribution < 1.29 is 14.3 Å². The van der Waals surface area contributed by atoms with Crippen LogP contribution in [0.2, 0.25) is 0 Å². The second-order valence-electron chi connectivity index (χ2n) is 3.41. The number of amides is 1. The zero-order valence-corrected chi connectivity index (χ0v) is 9.71. The van der Waals surface area contributed by atoms with Gasteiger partial charge in [-0.3, -0.25) is 9.59 Å². The lowest BCUT2D eigenvalue weighted by Gasteiger charge is -2.15. The van der Waals surface area contributed by atoms with Crippen LogP contribution in [0.1, 0.15) is 19.3 Å². The highest BCUT2D eigenvalue weighted by molar-refractivity contribution is 5.75. The van der Waals surface area contributed by atoms with Crippen LogP contribution in [0.5, 0.6) is 0 Å². The van der Waals surface area contributed by atoms with E-state index < -0.39 is 0 Å². The van der Waals surface area contributed by atoms with Crippen molar-refractivity contribution in [3.05, 3.63) is 0 Å². The van der Waals surface area contributed by atoms with E-state index >= 15 is 0 Å². The quantitative estimate of drug-likeness (QED) is 0.609. The van der Waals surface area contributed by atoms with Gasteiger partial charge in [-0.15, -0.1) is 0 Å². The number of ether oxygens (including phenoxy) is 1. The monoisotopic (exact) mass is 216 g/mol. The Labute approximate surface area is 90.8 Å². The number of hydrogen-bond acceptors (Lipinski definition) is 4. The largest absolute Gasteiger partial charge is 0.469 e. The van der Waals surface area contributed by atoms with Crippen LogP contribution in [-0.4, -0.2) is 51.1 Å². The first-order valence-electron chi connectivity index (χ1n) is 5.06. The van der Waals surface area contributed by atoms with E-state index in [0.29, 0.717) is 19.4 Å². The van der Waals surface area contributed by atoms with Crippen molar-refractivity contribution in [3.63, 3.8) is 0 Å². The van der Waals surface area contributed by atoms with Crippen molar-refractivity contribution in [2.75, 3.05) is 34.3 Å². The summed E-state index contributed by atoms with van der Waals surface area (Å²) in [5.74, 6) is -0.149. The summed E-state index contributed by atoms with van der Waals surface area (Å²) in [6, 6.07) is 0. The van der Waals surface area contributed by atoms with Gasteiger partial charge in [0.05, 0.1) is 7.11 Å². The Hall–Kier alpha value is -1.10. The van der Waals surface area contributed by atoms with Gasteiger partial charge in [-0.2, -0.15) is 0 Å². The maximum Gasteiger partial charge on any atom is 0.305 e. The molecule has 0 spiro atoms. The van der Waals surface area contributed by atoms with Crippen LogP contribution in [0, 0.1) is 0 Å². The minimum absolute atomic E-state index is 0.0369. The van der Waals surface area contributed by atoms with E-state index in [0.717, 1.165) is 13.0 Å². The molecular formula is C10H20N2O3. The van der Waals surface area contributed by atoms with Crippen LogP contribution in [0.25, 0.3) is 0 Å². The van der Waals surface area contributed by atoms with E-state index in [1.807, 2.05) is 11.9 Å². The summed E-state index contributed by atoms with van der Waals surface area (Å²) in [6.45, 7) is 1.51. The third-order valence-corrected chi connectivity index (χ3v) is 2.15. The fourth-order valence-corrected chi connectivity index (χ4v) is 1.12. The molecule has 1 amide bonds. The first-order valence-corrected chi connectivity index (χ1v) is 5.06. The zero-order valence-electron chi connectivity index (χ0n) is 9.71. The number of carbonyl (C=O) groups is 2. The molecule has 0 aromatic heterocycles. The molecule has 5 nitrogen and oxygen atoms in total. The van der Waals surface area contributed by atoms with Gasteiger partial charge in [-0.25, -0.2) is 0 Å². The van der Waals surface area contributed by atoms with Crippen LogP contribution < -0.4 is 5.32 Å². The van der Waals surface area contributed by atoms with Crippen LogP contribution in [0.3, 0.4) is 0 Å². The average molecular weight is 216 g/mol. The molecule has 0 saturated heterocycles. The third kappa shape index (κ3) is 7.93. The molecule has 0 aromatic carbocycles. The highest BCUT2D eigenvalue weighted by Crippen LogP contribution is 1.95. The summed E-state index contributed by atoms with van der Waals surface area (Å²) in [7, 11) is 4.94. The minimum Gasteiger partial charge on any atom is -0.469 e. The first-order chi connectivity index (χ1) is 7.10. The van der Waals surface area contributed by atoms with Gasteiger partial charge >= 0.3 is 5.97 Å². The summed E-state index contributed by atoms with van der Waals surface area (Å²) in [5, 5.41) is 2.56. The Morgan fingerprint density at radius 2 is 1.93 bits per heavy atom. The normalized spacial score (nSPS) is 10.1. The topological polar surface area (TPSA) is 58.6 Å². The standard InChI is InChI=1S/C10H20N2O3/c1-11-9(13)6-8-12(2)7-4-5-10(14)15-3/h4-8H2,1-3H3,(H,11,13). The number of nitrogens with one attached hydrogen (secondary N) is 1. The average Bonchev–Trinajstić information content (AvgIpc) is 2.25. The molecule has 0 unspecified atom stereocenters. The molecule has 0 saturated carbocycles. The molecule has 0 aliphatic heterocycles. The SMILES string of the molecule is CNC(=O)CCN(C)CCCC(=O)OC. The van der Waals surface area contributed by atoms with Gasteiger partial charge < -0.3 is 15.0 Å². The Morgan fingerprint density at radius 1 is 1.27 bits per heavy atom. The van der Waals surface area contributed by atoms with Crippen LogP contribution in [0.15, 0.2) is 0 Å². The summed E-state index contributed by atoms with van der Waals surface area (Å²) in [6.07, 6.45) is 1.68. The molecule has 15 heavy (non-hydrogen) atoms. The fourth-order valence-electron chi connectivity index (χ4n) is 1.12. The molecular weight excluding hydrogens is 196 g/mol. The summed E-state index contributed by atoms with van der Waals surface area (Å²) < 4.78 is 4.53. The minimum atomic E-state index is -0.185. The smallest absolute Gasteiger partial charge is 0.305 e. The predicted molar refractivity (Wildman–Crippen MR) is 57.4 cm³/mol. The maximum atomic E-state index is 10.9. The molecule has 5 heteroatoms. The highest BCUT2D eigenvalue weighted by atomic mass is 16.5. The van der Waals surface area contributed by atoms with Crippen molar-refractivity contribution in [1.29, 1.82) is 0 Å². The molecule has 0 aliphatic rings. The number of carbonyl (C=O) groups excluding carboxylic acids is 2. The Bertz CT molecular complexity index is 207. The molecule has 0 aliphatic carbocycles. The zero-order chi connectivity index (χ0) is 11.7. The van der Waals surface area contributed by atoms with Crippen molar-refractivity contribution in [3.8, 4) is 0 Å². The maximum absolute atomic E-state index is 10.9. The predicted octanol–water partition coefficient (Wildman–Crippen LogP) is 0.00750. The lowest BCUT2D eigenvalue weighted by Crippen LogP contribution is -2.27. The van der Waals surface area contributed by atoms with Gasteiger partial charge in [-0.1, -0.05) is 0 Å². The molecule has 0 fully saturated rings. The molecule has 0 rings (SSSR count). The number of methoxy groups -OCH3 is 1. The van der Waals surface area contributed by atoms with Crippen molar-refractivity contribution in [2.45, 2.75) is 19.3 Å². The van der Waals surface area contributed by atoms with Crippen molar-refractivity contribution in [2.24, 2.45) is 0 Å². The summed E-state index contributed by atoms with van der Waals surface area (Å²) in [5.41, 5.74) is 0. The number of esters is 1. The van der Waals surface area contributed by atoms with Gasteiger partial charge in [0.2, 0.25) is 5.91 Å². The van der Waals surface area contributed by atoms with E-state index in [2.05, 4.69) is 10.1 Å². The van der Waals surface area contributed by atoms with Crippen molar-refractivity contribution in [1.82, 2.24) is 10.2 Å². The van der Waals surface area contributed by atoms with Crippen LogP contribution >= 0.6 is 0 Å². The molecule has 88 valence electrons. The summed E-state index contributed by atoms with van der Waals surface area (Å²) >= 11 is 0. The Morgan fingerprint density at radius 3 is 2.47 bits per heavy atom. The Balaban J connectivity index is 3.45. The molecule has 0 atom stereocenters. The third-order valence-electron chi connectivity index (χ3n) is 2.15. The molecule has 0 bridgehead atoms. The van der Waals surface area contributed by atoms with Crippen LogP contribution in [0.4, 0.5) is 0 Å². The van der Waals surface area contributed by atoms with Gasteiger partial charge in [-0.05, 0) is 20.0 Å². The number of hydrogen-bond donors (Lipinski definition) is 1. The van der Waals surface area contributed by atoms with E-state index in [-0.39, 0.29) is 11.9 Å². The van der Waals surface area contributed by atoms with Gasteiger partial charge in [0.15, 0.2) is 0 Å². The highest BCUT2D eigenvalue weighted by Gasteiger charge is 2.04. The van der Waals surface area contributed by atoms with Gasteiger partial charge in [0.25, 0.3) is 0 Å². The molecule has 0 radical (unpaired) electrons. The molecule has 1 N–H and O–H groups in total. The van der Waals surface area contributed by atoms with Crippen molar-refractivity contribution >= 4 is 11.9 Å². The first kappa shape index (κ1) is 13.9.